The van der Waals surface area contributed by atoms with Gasteiger partial charge in [-0.25, -0.2) is 0 Å². The third-order valence-corrected chi connectivity index (χ3v) is 2.74. The lowest BCUT2D eigenvalue weighted by molar-refractivity contribution is 1.04. The molecule has 3 heteroatoms. The van der Waals surface area contributed by atoms with Crippen molar-refractivity contribution in [1.29, 1.82) is 0 Å². The van der Waals surface area contributed by atoms with Crippen LogP contribution in [0, 0.1) is 0 Å². The molecule has 2 aromatic heterocycles. The Morgan fingerprint density at radius 2 is 1.72 bits per heavy atom. The first-order valence-corrected chi connectivity index (χ1v) is 5.72. The predicted octanol–water partition coefficient (Wildman–Crippen LogP) is 3.20. The lowest BCUT2D eigenvalue weighted by atomic mass is 10.1. The van der Waals surface area contributed by atoms with Gasteiger partial charge in [-0.05, 0) is 23.8 Å². The average Bonchev–Trinajstić information content (AvgIpc) is 2.46. The number of pyridine rings is 1. The molecule has 86 valence electrons. The zero-order valence-corrected chi connectivity index (χ0v) is 9.69. The highest BCUT2D eigenvalue weighted by atomic mass is 15.1. The summed E-state index contributed by atoms with van der Waals surface area (Å²) in [6.45, 7) is 0. The van der Waals surface area contributed by atoms with Gasteiger partial charge in [0.05, 0.1) is 11.9 Å². The Bertz CT molecular complexity index is 685. The molecule has 0 aliphatic rings. The number of nitrogens with zero attached hydrogens (tertiary/aromatic N) is 3. The van der Waals surface area contributed by atoms with Gasteiger partial charge in [-0.3, -0.25) is 4.98 Å². The van der Waals surface area contributed by atoms with E-state index in [2.05, 4.69) is 21.2 Å². The second kappa shape index (κ2) is 4.75. The quantitative estimate of drug-likeness (QED) is 0.682. The maximum absolute atomic E-state index is 4.17. The van der Waals surface area contributed by atoms with Gasteiger partial charge in [0, 0.05) is 23.2 Å². The van der Waals surface area contributed by atoms with Gasteiger partial charge in [-0.15, -0.1) is 0 Å². The topological polar surface area (TPSA) is 38.7 Å². The van der Waals surface area contributed by atoms with Gasteiger partial charge < -0.3 is 0 Å². The van der Waals surface area contributed by atoms with Crippen molar-refractivity contribution in [2.24, 2.45) is 0 Å². The van der Waals surface area contributed by atoms with Crippen LogP contribution in [0.25, 0.3) is 22.9 Å². The van der Waals surface area contributed by atoms with Crippen LogP contribution >= 0.6 is 0 Å². The Hall–Kier alpha value is -2.55. The second-order valence-electron chi connectivity index (χ2n) is 3.93. The van der Waals surface area contributed by atoms with Crippen molar-refractivity contribution in [2.75, 3.05) is 0 Å². The molecule has 18 heavy (non-hydrogen) atoms. The molecule has 0 fully saturated rings. The van der Waals surface area contributed by atoms with E-state index in [0.717, 1.165) is 22.0 Å². The van der Waals surface area contributed by atoms with Crippen LogP contribution < -0.4 is 0 Å². The third-order valence-electron chi connectivity index (χ3n) is 2.74. The summed E-state index contributed by atoms with van der Waals surface area (Å²) in [5, 5.41) is 10.4. The van der Waals surface area contributed by atoms with Crippen molar-refractivity contribution < 1.29 is 0 Å². The maximum Gasteiger partial charge on any atom is 0.0935 e. The number of benzene rings is 1. The molecule has 3 nitrogen and oxygen atoms in total. The average molecular weight is 233 g/mol. The molecule has 0 amide bonds. The van der Waals surface area contributed by atoms with Crippen LogP contribution in [0.5, 0.6) is 0 Å². The van der Waals surface area contributed by atoms with Crippen LogP contribution in [0.4, 0.5) is 0 Å². The Morgan fingerprint density at radius 1 is 0.889 bits per heavy atom. The van der Waals surface area contributed by atoms with Crippen molar-refractivity contribution in [3.63, 3.8) is 0 Å². The van der Waals surface area contributed by atoms with Crippen LogP contribution in [0.1, 0.15) is 11.3 Å². The minimum absolute atomic E-state index is 0.880. The molecule has 3 rings (SSSR count). The van der Waals surface area contributed by atoms with E-state index in [1.807, 2.05) is 42.5 Å². The summed E-state index contributed by atoms with van der Waals surface area (Å²) in [7, 11) is 0. The Morgan fingerprint density at radius 3 is 2.61 bits per heavy atom. The number of rotatable bonds is 2. The molecule has 0 bridgehead atoms. The van der Waals surface area contributed by atoms with E-state index in [-0.39, 0.29) is 0 Å². The molecule has 0 atom stereocenters. The molecule has 0 aliphatic carbocycles. The molecule has 0 spiro atoms. The van der Waals surface area contributed by atoms with Crippen LogP contribution in [-0.2, 0) is 0 Å². The van der Waals surface area contributed by atoms with Gasteiger partial charge in [0.1, 0.15) is 0 Å². The van der Waals surface area contributed by atoms with Gasteiger partial charge in [0.25, 0.3) is 0 Å². The number of fused-ring (bicyclic) bond motifs is 1. The highest BCUT2D eigenvalue weighted by Crippen LogP contribution is 2.17. The Labute approximate surface area is 105 Å². The second-order valence-corrected chi connectivity index (χ2v) is 3.93. The molecule has 0 aliphatic heterocycles. The van der Waals surface area contributed by atoms with E-state index in [4.69, 9.17) is 0 Å². The summed E-state index contributed by atoms with van der Waals surface area (Å²) >= 11 is 0. The van der Waals surface area contributed by atoms with Crippen molar-refractivity contribution >= 4 is 22.9 Å². The van der Waals surface area contributed by atoms with Gasteiger partial charge >= 0.3 is 0 Å². The molecular formula is C15H11N3. The van der Waals surface area contributed by atoms with Gasteiger partial charge in [0.2, 0.25) is 0 Å². The largest absolute Gasteiger partial charge is 0.265 e. The summed E-state index contributed by atoms with van der Waals surface area (Å²) in [6, 6.07) is 12.0. The number of aromatic nitrogens is 3. The summed E-state index contributed by atoms with van der Waals surface area (Å²) in [5.41, 5.74) is 1.98. The van der Waals surface area contributed by atoms with E-state index >= 15 is 0 Å². The predicted molar refractivity (Wildman–Crippen MR) is 72.7 cm³/mol. The normalized spacial score (nSPS) is 11.1. The fourth-order valence-corrected chi connectivity index (χ4v) is 1.82. The summed E-state index contributed by atoms with van der Waals surface area (Å²) < 4.78 is 0. The number of hydrogen-bond donors (Lipinski definition) is 0. The van der Waals surface area contributed by atoms with E-state index in [1.54, 1.807) is 18.6 Å². The monoisotopic (exact) mass is 233 g/mol. The molecule has 0 N–H and O–H groups in total. The highest BCUT2D eigenvalue weighted by Gasteiger charge is 1.98. The van der Waals surface area contributed by atoms with Crippen molar-refractivity contribution in [1.82, 2.24) is 15.2 Å². The SMILES string of the molecule is C(=Cc1nncc2ccccc12)c1ccncc1. The smallest absolute Gasteiger partial charge is 0.0935 e. The van der Waals surface area contributed by atoms with E-state index in [0.29, 0.717) is 0 Å². The Balaban J connectivity index is 2.03. The fourth-order valence-electron chi connectivity index (χ4n) is 1.82. The van der Waals surface area contributed by atoms with Crippen LogP contribution in [0.2, 0.25) is 0 Å². The van der Waals surface area contributed by atoms with Crippen molar-refractivity contribution in [3.8, 4) is 0 Å². The minimum atomic E-state index is 0.880. The summed E-state index contributed by atoms with van der Waals surface area (Å²) in [5.74, 6) is 0. The van der Waals surface area contributed by atoms with Crippen LogP contribution in [0.15, 0.2) is 55.0 Å². The first-order valence-electron chi connectivity index (χ1n) is 5.72. The zero-order chi connectivity index (χ0) is 12.2. The van der Waals surface area contributed by atoms with E-state index in [1.165, 1.54) is 0 Å². The molecule has 0 radical (unpaired) electrons. The molecule has 0 saturated carbocycles. The standard InChI is InChI=1S/C15H11N3/c1-2-4-14-13(3-1)11-17-18-15(14)6-5-12-7-9-16-10-8-12/h1-11H. The Kier molecular flexibility index (Phi) is 2.80. The fraction of sp³-hybridized carbons (Fsp3) is 0. The molecule has 1 aromatic carbocycles. The van der Waals surface area contributed by atoms with Gasteiger partial charge in [-0.2, -0.15) is 10.2 Å². The highest BCUT2D eigenvalue weighted by molar-refractivity contribution is 5.90. The zero-order valence-electron chi connectivity index (χ0n) is 9.69. The molecule has 3 aromatic rings. The third kappa shape index (κ3) is 2.11. The molecule has 0 saturated heterocycles. The molecular weight excluding hydrogens is 222 g/mol. The lowest BCUT2D eigenvalue weighted by Crippen LogP contribution is -1.87. The first-order chi connectivity index (χ1) is 8.93. The maximum atomic E-state index is 4.17. The van der Waals surface area contributed by atoms with Crippen LogP contribution in [0.3, 0.4) is 0 Å². The summed E-state index contributed by atoms with van der Waals surface area (Å²) in [6.07, 6.45) is 9.31. The summed E-state index contributed by atoms with van der Waals surface area (Å²) in [4.78, 5) is 3.99. The van der Waals surface area contributed by atoms with Crippen LogP contribution in [-0.4, -0.2) is 15.2 Å². The minimum Gasteiger partial charge on any atom is -0.265 e. The lowest BCUT2D eigenvalue weighted by Gasteiger charge is -1.99. The van der Waals surface area contributed by atoms with Crippen molar-refractivity contribution in [3.05, 3.63) is 66.2 Å². The number of hydrogen-bond acceptors (Lipinski definition) is 3. The van der Waals surface area contributed by atoms with Gasteiger partial charge in [-0.1, -0.05) is 30.3 Å². The van der Waals surface area contributed by atoms with Crippen molar-refractivity contribution in [2.45, 2.75) is 0 Å². The van der Waals surface area contributed by atoms with Gasteiger partial charge in [0.15, 0.2) is 0 Å². The first kappa shape index (κ1) is 10.6. The molecule has 2 heterocycles. The molecule has 0 unspecified atom stereocenters. The van der Waals surface area contributed by atoms with E-state index in [9.17, 15) is 0 Å². The van der Waals surface area contributed by atoms with E-state index < -0.39 is 0 Å².